The summed E-state index contributed by atoms with van der Waals surface area (Å²) in [6.07, 6.45) is 0. The maximum Gasteiger partial charge on any atom is 0.341 e. The molecule has 1 aromatic heterocycles. The molecule has 3 aromatic carbocycles. The molecule has 0 saturated heterocycles. The molecule has 2 heterocycles. The number of nitrogens with two attached hydrogens (primary N) is 1. The zero-order valence-electron chi connectivity index (χ0n) is 22.9. The second-order valence-corrected chi connectivity index (χ2v) is 9.22. The summed E-state index contributed by atoms with van der Waals surface area (Å²) >= 11 is 0. The minimum absolute atomic E-state index is 0.105. The van der Waals surface area contributed by atoms with Crippen molar-refractivity contribution in [2.45, 2.75) is 0 Å². The van der Waals surface area contributed by atoms with Gasteiger partial charge in [-0.25, -0.2) is 4.79 Å². The minimum Gasteiger partial charge on any atom is -0.504 e. The van der Waals surface area contributed by atoms with Gasteiger partial charge in [0.1, 0.15) is 28.7 Å². The van der Waals surface area contributed by atoms with E-state index >= 15 is 8.78 Å². The van der Waals surface area contributed by atoms with Crippen LogP contribution in [0.25, 0.3) is 0 Å². The molecule has 0 unspecified atom stereocenters. The van der Waals surface area contributed by atoms with Gasteiger partial charge in [-0.15, -0.1) is 0 Å². The zero-order valence-corrected chi connectivity index (χ0v) is 22.9. The number of hydrogen-bond acceptors (Lipinski definition) is 10. The van der Waals surface area contributed by atoms with E-state index in [1.807, 2.05) is 11.9 Å². The molecule has 11 nitrogen and oxygen atoms in total. The van der Waals surface area contributed by atoms with Crippen LogP contribution in [0.4, 0.5) is 8.78 Å². The van der Waals surface area contributed by atoms with Crippen LogP contribution in [0.3, 0.4) is 0 Å². The number of esters is 1. The number of benzene rings is 3. The van der Waals surface area contributed by atoms with Gasteiger partial charge >= 0.3 is 5.97 Å². The van der Waals surface area contributed by atoms with E-state index in [1.165, 1.54) is 42.5 Å². The first-order chi connectivity index (χ1) is 20.7. The summed E-state index contributed by atoms with van der Waals surface area (Å²) in [4.78, 5) is 22.6. The topological polar surface area (TPSA) is 153 Å². The number of para-hydroxylation sites is 1. The number of pyridine rings is 1. The predicted octanol–water partition coefficient (Wildman–Crippen LogP) is 5.20. The first-order valence-corrected chi connectivity index (χ1v) is 12.8. The van der Waals surface area contributed by atoms with Crippen LogP contribution in [0.1, 0.15) is 21.5 Å². The number of nitrogens with zero attached hydrogens (tertiary/aromatic N) is 3. The van der Waals surface area contributed by atoms with Crippen molar-refractivity contribution >= 4 is 17.6 Å². The monoisotopic (exact) mass is 589 g/mol. The molecular formula is C30H25F2N5O6. The van der Waals surface area contributed by atoms with Gasteiger partial charge in [0, 0.05) is 24.7 Å². The van der Waals surface area contributed by atoms with Crippen molar-refractivity contribution < 1.29 is 37.6 Å². The van der Waals surface area contributed by atoms with Gasteiger partial charge in [-0.1, -0.05) is 24.3 Å². The smallest absolute Gasteiger partial charge is 0.341 e. The van der Waals surface area contributed by atoms with Crippen LogP contribution in [-0.2, 0) is 4.74 Å². The van der Waals surface area contributed by atoms with Gasteiger partial charge in [0.25, 0.3) is 11.8 Å². The van der Waals surface area contributed by atoms with Crippen molar-refractivity contribution in [1.82, 2.24) is 9.88 Å². The Hall–Kier alpha value is -5.72. The quantitative estimate of drug-likeness (QED) is 0.136. The summed E-state index contributed by atoms with van der Waals surface area (Å²) in [5, 5.41) is 18.0. The Bertz CT molecular complexity index is 1760. The first-order valence-electron chi connectivity index (χ1n) is 12.8. The van der Waals surface area contributed by atoms with Crippen LogP contribution in [0.15, 0.2) is 71.7 Å². The molecule has 0 fully saturated rings. The molecule has 0 atom stereocenters. The summed E-state index contributed by atoms with van der Waals surface area (Å²) in [6, 6.07) is 16.0. The van der Waals surface area contributed by atoms with Crippen LogP contribution in [0.5, 0.6) is 40.5 Å². The van der Waals surface area contributed by atoms with Crippen LogP contribution >= 0.6 is 0 Å². The van der Waals surface area contributed by atoms with E-state index in [2.05, 4.69) is 9.98 Å². The number of aromatic nitrogens is 1. The summed E-state index contributed by atoms with van der Waals surface area (Å²) in [7, 11) is 3.03. The maximum atomic E-state index is 15.9. The van der Waals surface area contributed by atoms with Crippen LogP contribution in [0, 0.1) is 17.0 Å². The molecule has 43 heavy (non-hydrogen) atoms. The van der Waals surface area contributed by atoms with Crippen molar-refractivity contribution in [3.63, 3.8) is 0 Å². The number of carbonyl (C=O) groups is 1. The van der Waals surface area contributed by atoms with Gasteiger partial charge in [-0.2, -0.15) is 13.8 Å². The van der Waals surface area contributed by atoms with Gasteiger partial charge in [-0.05, 0) is 42.5 Å². The van der Waals surface area contributed by atoms with Crippen LogP contribution < -0.4 is 19.9 Å². The highest BCUT2D eigenvalue weighted by atomic mass is 19.1. The van der Waals surface area contributed by atoms with Gasteiger partial charge in [0.05, 0.1) is 13.7 Å². The molecule has 0 aliphatic carbocycles. The predicted molar refractivity (Wildman–Crippen MR) is 152 cm³/mol. The summed E-state index contributed by atoms with van der Waals surface area (Å²) in [5.41, 5.74) is 6.28. The summed E-state index contributed by atoms with van der Waals surface area (Å²) in [6.45, 7) is 1.36. The van der Waals surface area contributed by atoms with E-state index < -0.39 is 40.9 Å². The minimum atomic E-state index is -1.41. The molecule has 1 aliphatic heterocycles. The number of rotatable bonds is 9. The fourth-order valence-electron chi connectivity index (χ4n) is 4.17. The van der Waals surface area contributed by atoms with E-state index in [0.717, 1.165) is 13.7 Å². The van der Waals surface area contributed by atoms with Crippen LogP contribution in [-0.4, -0.2) is 59.9 Å². The Labute approximate surface area is 244 Å². The Morgan fingerprint density at radius 1 is 0.977 bits per heavy atom. The number of nitrogen functional groups attached to an aromatic ring is 1. The number of hydrogen-bond donors (Lipinski definition) is 3. The number of amidine groups is 2. The molecule has 4 aromatic rings. The van der Waals surface area contributed by atoms with Crippen LogP contribution in [0.2, 0.25) is 0 Å². The van der Waals surface area contributed by atoms with Crippen molar-refractivity contribution in [1.29, 1.82) is 5.41 Å². The molecule has 4 N–H and O–H groups in total. The maximum absolute atomic E-state index is 15.9. The number of ether oxygens (including phenoxy) is 4. The second kappa shape index (κ2) is 12.0. The molecule has 0 spiro atoms. The number of methoxy groups -OCH3 is 1. The van der Waals surface area contributed by atoms with Gasteiger partial charge < -0.3 is 34.7 Å². The number of phenolic OH excluding ortho intramolecular Hbond substituents is 1. The fourth-order valence-corrected chi connectivity index (χ4v) is 4.17. The molecule has 0 bridgehead atoms. The summed E-state index contributed by atoms with van der Waals surface area (Å²) in [5.74, 6) is -6.61. The lowest BCUT2D eigenvalue weighted by Crippen LogP contribution is -2.23. The number of carbonyl (C=O) groups excluding carboxylic acids is 1. The van der Waals surface area contributed by atoms with Crippen molar-refractivity contribution in [3.05, 3.63) is 95.1 Å². The molecule has 0 amide bonds. The molecule has 220 valence electrons. The number of likely N-dealkylation sites (N-methyl/N-ethyl adjacent to an activating group) is 1. The van der Waals surface area contributed by atoms with E-state index in [4.69, 9.17) is 30.1 Å². The van der Waals surface area contributed by atoms with Crippen molar-refractivity contribution in [3.8, 4) is 40.5 Å². The van der Waals surface area contributed by atoms with E-state index in [9.17, 15) is 9.90 Å². The van der Waals surface area contributed by atoms with E-state index in [0.29, 0.717) is 17.9 Å². The molecule has 1 aliphatic rings. The lowest BCUT2D eigenvalue weighted by Gasteiger charge is -2.17. The average Bonchev–Trinajstić information content (AvgIpc) is 3.44. The number of aromatic hydroxyl groups is 1. The number of nitrogens with one attached hydrogen (secondary N) is 1. The zero-order chi connectivity index (χ0) is 30.7. The fraction of sp³-hybridized carbons (Fsp3) is 0.133. The van der Waals surface area contributed by atoms with E-state index in [-0.39, 0.29) is 34.2 Å². The number of phenols is 1. The Kier molecular flexibility index (Phi) is 8.05. The highest BCUT2D eigenvalue weighted by molar-refractivity contribution is 6.00. The van der Waals surface area contributed by atoms with Gasteiger partial charge in [0.2, 0.25) is 17.4 Å². The lowest BCUT2D eigenvalue weighted by molar-refractivity contribution is 0.0597. The molecular weight excluding hydrogens is 564 g/mol. The molecule has 13 heteroatoms. The molecule has 0 radical (unpaired) electrons. The largest absolute Gasteiger partial charge is 0.504 e. The highest BCUT2D eigenvalue weighted by Gasteiger charge is 2.28. The third-order valence-electron chi connectivity index (χ3n) is 6.32. The third-order valence-corrected chi connectivity index (χ3v) is 6.32. The second-order valence-electron chi connectivity index (χ2n) is 9.22. The SMILES string of the molecule is COC(=O)c1ccccc1Oc1c(F)c(Oc2cccc(C3=NCCN3C)c2)nc(Oc2cc(C(=N)N)ccc2O)c1F. The Balaban J connectivity index is 1.60. The molecule has 5 rings (SSSR count). The standard InChI is InChI=1S/C30H25F2N5O6/c1-37-13-12-35-27(37)17-6-5-7-18(14-17)41-28-23(31)25(42-21-9-4-3-8-19(21)30(39)40-2)24(32)29(36-28)43-22-15-16(26(33)34)10-11-20(22)38/h3-11,14-15,38H,12-13H2,1-2H3,(H3,33,34). The normalized spacial score (nSPS) is 12.5. The Morgan fingerprint density at radius 2 is 1.72 bits per heavy atom. The summed E-state index contributed by atoms with van der Waals surface area (Å²) < 4.78 is 53.3. The Morgan fingerprint density at radius 3 is 2.42 bits per heavy atom. The lowest BCUT2D eigenvalue weighted by atomic mass is 10.2. The van der Waals surface area contributed by atoms with Crippen molar-refractivity contribution in [2.75, 3.05) is 27.2 Å². The van der Waals surface area contributed by atoms with Crippen molar-refractivity contribution in [2.24, 2.45) is 10.7 Å². The van der Waals surface area contributed by atoms with E-state index in [1.54, 1.807) is 24.3 Å². The molecule has 0 saturated carbocycles. The average molecular weight is 590 g/mol. The number of halogens is 2. The number of aliphatic imine (C=N–C) groups is 1. The first kappa shape index (κ1) is 28.8. The third kappa shape index (κ3) is 6.00. The van der Waals surface area contributed by atoms with Gasteiger partial charge in [0.15, 0.2) is 11.5 Å². The highest BCUT2D eigenvalue weighted by Crippen LogP contribution is 2.41. The van der Waals surface area contributed by atoms with Gasteiger partial charge in [-0.3, -0.25) is 10.4 Å².